The van der Waals surface area contributed by atoms with Crippen LogP contribution in [0.2, 0.25) is 0 Å². The van der Waals surface area contributed by atoms with Crippen LogP contribution in [-0.4, -0.2) is 31.9 Å². The van der Waals surface area contributed by atoms with Gasteiger partial charge in [0.1, 0.15) is 11.4 Å². The maximum absolute atomic E-state index is 5.58. The number of ether oxygens (including phenoxy) is 3. The lowest BCUT2D eigenvalue weighted by atomic mass is 9.81. The molecule has 0 radical (unpaired) electrons. The van der Waals surface area contributed by atoms with Gasteiger partial charge < -0.3 is 19.5 Å². The molecule has 3 rings (SSSR count). The predicted molar refractivity (Wildman–Crippen MR) is 108 cm³/mol. The number of nitrogens with zero attached hydrogens (tertiary/aromatic N) is 1. The van der Waals surface area contributed by atoms with Crippen LogP contribution in [-0.2, 0) is 11.3 Å². The summed E-state index contributed by atoms with van der Waals surface area (Å²) in [6, 6.07) is 11.0. The molecular formula is C22H30N2O3. The van der Waals surface area contributed by atoms with Gasteiger partial charge in [-0.2, -0.15) is 0 Å². The number of rotatable bonds is 8. The molecule has 5 heteroatoms. The molecule has 146 valence electrons. The van der Waals surface area contributed by atoms with Gasteiger partial charge in [-0.15, -0.1) is 0 Å². The molecule has 1 aliphatic rings. The summed E-state index contributed by atoms with van der Waals surface area (Å²) in [4.78, 5) is 4.36. The molecule has 1 aromatic heterocycles. The van der Waals surface area contributed by atoms with Crippen LogP contribution in [0.3, 0.4) is 0 Å². The van der Waals surface area contributed by atoms with E-state index in [1.807, 2.05) is 19.2 Å². The minimum absolute atomic E-state index is 0.448. The van der Waals surface area contributed by atoms with E-state index in [9.17, 15) is 0 Å². The average Bonchev–Trinajstić information content (AvgIpc) is 2.70. The molecule has 0 amide bonds. The summed E-state index contributed by atoms with van der Waals surface area (Å²) >= 11 is 0. The Bertz CT molecular complexity index is 710. The van der Waals surface area contributed by atoms with Crippen molar-refractivity contribution < 1.29 is 14.2 Å². The fraction of sp³-hybridized carbons (Fsp3) is 0.500. The highest BCUT2D eigenvalue weighted by Gasteiger charge is 2.23. The van der Waals surface area contributed by atoms with Crippen LogP contribution in [0.25, 0.3) is 0 Å². The van der Waals surface area contributed by atoms with Crippen molar-refractivity contribution in [1.29, 1.82) is 0 Å². The topological polar surface area (TPSA) is 52.6 Å². The minimum atomic E-state index is 0.448. The molecule has 1 N–H and O–H groups in total. The third-order valence-corrected chi connectivity index (χ3v) is 5.21. The molecule has 0 unspecified atom stereocenters. The quantitative estimate of drug-likeness (QED) is 0.725. The van der Waals surface area contributed by atoms with E-state index in [0.29, 0.717) is 25.2 Å². The van der Waals surface area contributed by atoms with E-state index >= 15 is 0 Å². The summed E-state index contributed by atoms with van der Waals surface area (Å²) < 4.78 is 16.3. The van der Waals surface area contributed by atoms with Gasteiger partial charge in [-0.1, -0.05) is 12.1 Å². The average molecular weight is 370 g/mol. The number of nitrogens with one attached hydrogen (secondary N) is 1. The SMILES string of the molecule is CCOc1ccc(C2CCC(Nc3ccnc(COC)c3OC)CC2)cc1. The highest BCUT2D eigenvalue weighted by molar-refractivity contribution is 5.58. The number of benzene rings is 1. The summed E-state index contributed by atoms with van der Waals surface area (Å²) in [7, 11) is 3.35. The number of anilines is 1. The second-order valence-electron chi connectivity index (χ2n) is 6.97. The summed E-state index contributed by atoms with van der Waals surface area (Å²) in [6.07, 6.45) is 6.46. The van der Waals surface area contributed by atoms with Crippen LogP contribution in [0.1, 0.15) is 49.8 Å². The molecule has 1 saturated carbocycles. The molecule has 0 aliphatic heterocycles. The molecule has 1 aliphatic carbocycles. The monoisotopic (exact) mass is 370 g/mol. The molecule has 5 nitrogen and oxygen atoms in total. The van der Waals surface area contributed by atoms with E-state index < -0.39 is 0 Å². The Kier molecular flexibility index (Phi) is 6.93. The first kappa shape index (κ1) is 19.5. The van der Waals surface area contributed by atoms with Crippen molar-refractivity contribution in [3.8, 4) is 11.5 Å². The molecule has 0 bridgehead atoms. The van der Waals surface area contributed by atoms with Crippen molar-refractivity contribution in [3.63, 3.8) is 0 Å². The van der Waals surface area contributed by atoms with Gasteiger partial charge in [0.05, 0.1) is 26.0 Å². The molecular weight excluding hydrogens is 340 g/mol. The maximum Gasteiger partial charge on any atom is 0.165 e. The summed E-state index contributed by atoms with van der Waals surface area (Å²) in [6.45, 7) is 3.17. The molecule has 1 fully saturated rings. The van der Waals surface area contributed by atoms with E-state index in [0.717, 1.165) is 35.7 Å². The van der Waals surface area contributed by atoms with Gasteiger partial charge in [-0.25, -0.2) is 0 Å². The Hall–Kier alpha value is -2.27. The molecule has 0 spiro atoms. The number of hydrogen-bond acceptors (Lipinski definition) is 5. The van der Waals surface area contributed by atoms with E-state index in [4.69, 9.17) is 14.2 Å². The van der Waals surface area contributed by atoms with E-state index in [1.54, 1.807) is 14.2 Å². The zero-order valence-electron chi connectivity index (χ0n) is 16.5. The molecule has 2 aromatic rings. The Balaban J connectivity index is 1.59. The zero-order valence-corrected chi connectivity index (χ0v) is 16.5. The van der Waals surface area contributed by atoms with E-state index in [-0.39, 0.29) is 0 Å². The normalized spacial score (nSPS) is 19.5. The number of hydrogen-bond donors (Lipinski definition) is 1. The summed E-state index contributed by atoms with van der Waals surface area (Å²) in [5, 5.41) is 3.66. The van der Waals surface area contributed by atoms with Gasteiger partial charge in [-0.05, 0) is 62.3 Å². The Labute approximate surface area is 162 Å². The van der Waals surface area contributed by atoms with Crippen molar-refractivity contribution in [1.82, 2.24) is 4.98 Å². The lowest BCUT2D eigenvalue weighted by molar-refractivity contribution is 0.178. The highest BCUT2D eigenvalue weighted by atomic mass is 16.5. The third-order valence-electron chi connectivity index (χ3n) is 5.21. The van der Waals surface area contributed by atoms with Gasteiger partial charge in [0.2, 0.25) is 0 Å². The number of methoxy groups -OCH3 is 2. The van der Waals surface area contributed by atoms with Crippen LogP contribution in [0.15, 0.2) is 36.5 Å². The zero-order chi connectivity index (χ0) is 19.1. The Morgan fingerprint density at radius 2 is 1.78 bits per heavy atom. The van der Waals surface area contributed by atoms with Crippen molar-refractivity contribution in [3.05, 3.63) is 47.8 Å². The summed E-state index contributed by atoms with van der Waals surface area (Å²) in [5.41, 5.74) is 3.25. The minimum Gasteiger partial charge on any atom is -0.494 e. The van der Waals surface area contributed by atoms with Gasteiger partial charge >= 0.3 is 0 Å². The smallest absolute Gasteiger partial charge is 0.165 e. The second-order valence-corrected chi connectivity index (χ2v) is 6.97. The molecule has 0 atom stereocenters. The number of pyridine rings is 1. The van der Waals surface area contributed by atoms with Gasteiger partial charge in [0.15, 0.2) is 5.75 Å². The van der Waals surface area contributed by atoms with Crippen LogP contribution in [0.5, 0.6) is 11.5 Å². The van der Waals surface area contributed by atoms with Gasteiger partial charge in [0, 0.05) is 19.3 Å². The van der Waals surface area contributed by atoms with E-state index in [2.05, 4.69) is 34.6 Å². The van der Waals surface area contributed by atoms with Gasteiger partial charge in [0.25, 0.3) is 0 Å². The first-order valence-corrected chi connectivity index (χ1v) is 9.75. The lowest BCUT2D eigenvalue weighted by Gasteiger charge is -2.30. The fourth-order valence-corrected chi connectivity index (χ4v) is 3.87. The largest absolute Gasteiger partial charge is 0.494 e. The van der Waals surface area contributed by atoms with Crippen LogP contribution >= 0.6 is 0 Å². The van der Waals surface area contributed by atoms with Gasteiger partial charge in [-0.3, -0.25) is 4.98 Å². The number of aromatic nitrogens is 1. The second kappa shape index (κ2) is 9.60. The van der Waals surface area contributed by atoms with E-state index in [1.165, 1.54) is 18.4 Å². The Morgan fingerprint density at radius 1 is 1.04 bits per heavy atom. The van der Waals surface area contributed by atoms with Crippen molar-refractivity contribution in [2.24, 2.45) is 0 Å². The highest BCUT2D eigenvalue weighted by Crippen LogP contribution is 2.36. The molecule has 1 aromatic carbocycles. The fourth-order valence-electron chi connectivity index (χ4n) is 3.87. The third kappa shape index (κ3) is 4.92. The first-order chi connectivity index (χ1) is 13.2. The van der Waals surface area contributed by atoms with Crippen molar-refractivity contribution in [2.75, 3.05) is 26.1 Å². The molecule has 27 heavy (non-hydrogen) atoms. The van der Waals surface area contributed by atoms with Crippen molar-refractivity contribution >= 4 is 5.69 Å². The standard InChI is InChI=1S/C22H30N2O3/c1-4-27-19-11-7-17(8-12-19)16-5-9-18(10-6-16)24-20-13-14-23-21(15-25-2)22(20)26-3/h7-8,11-14,16,18H,4-6,9-10,15H2,1-3H3,(H,23,24). The summed E-state index contributed by atoms with van der Waals surface area (Å²) in [5.74, 6) is 2.36. The maximum atomic E-state index is 5.58. The lowest BCUT2D eigenvalue weighted by Crippen LogP contribution is -2.25. The van der Waals surface area contributed by atoms with Crippen LogP contribution in [0, 0.1) is 0 Å². The van der Waals surface area contributed by atoms with Crippen LogP contribution < -0.4 is 14.8 Å². The Morgan fingerprint density at radius 3 is 2.41 bits per heavy atom. The molecule has 1 heterocycles. The van der Waals surface area contributed by atoms with Crippen LogP contribution in [0.4, 0.5) is 5.69 Å². The van der Waals surface area contributed by atoms with Crippen molar-refractivity contribution in [2.45, 2.75) is 51.2 Å². The molecule has 0 saturated heterocycles. The predicted octanol–water partition coefficient (Wildman–Crippen LogP) is 4.77. The first-order valence-electron chi connectivity index (χ1n) is 9.75.